The molecule has 1 saturated heterocycles. The van der Waals surface area contributed by atoms with E-state index in [1.165, 1.54) is 0 Å². The van der Waals surface area contributed by atoms with Gasteiger partial charge in [-0.1, -0.05) is 29.8 Å². The van der Waals surface area contributed by atoms with E-state index in [1.54, 1.807) is 9.80 Å². The van der Waals surface area contributed by atoms with Crippen LogP contribution in [0, 0.1) is 0 Å². The van der Waals surface area contributed by atoms with Crippen molar-refractivity contribution >= 4 is 23.4 Å². The Morgan fingerprint density at radius 3 is 2.70 bits per heavy atom. The van der Waals surface area contributed by atoms with E-state index < -0.39 is 6.04 Å². The van der Waals surface area contributed by atoms with Crippen molar-refractivity contribution in [2.45, 2.75) is 32.9 Å². The van der Waals surface area contributed by atoms with E-state index in [0.29, 0.717) is 37.7 Å². The standard InChI is InChI=1S/C17H24ClN3O2/c1-3-20(4-2)16(22)11-15-17(23)21(10-9-19-15)12-13-7-5-6-8-14(13)18/h5-8,15,19H,3-4,9-12H2,1-2H3. The third-order valence-corrected chi connectivity index (χ3v) is 4.56. The minimum Gasteiger partial charge on any atom is -0.343 e. The van der Waals surface area contributed by atoms with Crippen LogP contribution >= 0.6 is 11.6 Å². The number of carbonyl (C=O) groups excluding carboxylic acids is 2. The van der Waals surface area contributed by atoms with E-state index in [4.69, 9.17) is 11.6 Å². The van der Waals surface area contributed by atoms with Crippen LogP contribution in [0.4, 0.5) is 0 Å². The number of piperazine rings is 1. The lowest BCUT2D eigenvalue weighted by atomic mass is 10.1. The molecule has 1 aromatic rings. The Kier molecular flexibility index (Phi) is 6.42. The third-order valence-electron chi connectivity index (χ3n) is 4.20. The molecule has 1 aliphatic heterocycles. The van der Waals surface area contributed by atoms with E-state index in [9.17, 15) is 9.59 Å². The molecule has 1 atom stereocenters. The van der Waals surface area contributed by atoms with Crippen molar-refractivity contribution in [2.75, 3.05) is 26.2 Å². The van der Waals surface area contributed by atoms with Gasteiger partial charge in [-0.05, 0) is 25.5 Å². The van der Waals surface area contributed by atoms with Crippen LogP contribution in [0.15, 0.2) is 24.3 Å². The first-order chi connectivity index (χ1) is 11.1. The van der Waals surface area contributed by atoms with Crippen molar-refractivity contribution in [1.29, 1.82) is 0 Å². The number of halogens is 1. The fourth-order valence-electron chi connectivity index (χ4n) is 2.82. The van der Waals surface area contributed by atoms with Gasteiger partial charge in [0.15, 0.2) is 0 Å². The van der Waals surface area contributed by atoms with E-state index in [2.05, 4.69) is 5.32 Å². The summed E-state index contributed by atoms with van der Waals surface area (Å²) in [7, 11) is 0. The Morgan fingerprint density at radius 1 is 1.35 bits per heavy atom. The Hall–Kier alpha value is -1.59. The lowest BCUT2D eigenvalue weighted by molar-refractivity contribution is -0.141. The number of nitrogens with zero attached hydrogens (tertiary/aromatic N) is 2. The monoisotopic (exact) mass is 337 g/mol. The van der Waals surface area contributed by atoms with Crippen LogP contribution in [-0.4, -0.2) is 53.8 Å². The maximum Gasteiger partial charge on any atom is 0.240 e. The van der Waals surface area contributed by atoms with Gasteiger partial charge in [-0.3, -0.25) is 9.59 Å². The smallest absolute Gasteiger partial charge is 0.240 e. The molecular weight excluding hydrogens is 314 g/mol. The van der Waals surface area contributed by atoms with Crippen LogP contribution in [0.1, 0.15) is 25.8 Å². The normalized spacial score (nSPS) is 18.1. The van der Waals surface area contributed by atoms with Crippen molar-refractivity contribution in [3.05, 3.63) is 34.9 Å². The maximum absolute atomic E-state index is 12.6. The largest absolute Gasteiger partial charge is 0.343 e. The lowest BCUT2D eigenvalue weighted by Gasteiger charge is -2.34. The number of nitrogens with one attached hydrogen (secondary N) is 1. The van der Waals surface area contributed by atoms with Gasteiger partial charge in [0.2, 0.25) is 11.8 Å². The van der Waals surface area contributed by atoms with Gasteiger partial charge in [-0.15, -0.1) is 0 Å². The highest BCUT2D eigenvalue weighted by Gasteiger charge is 2.31. The van der Waals surface area contributed by atoms with Crippen molar-refractivity contribution in [3.8, 4) is 0 Å². The Bertz CT molecular complexity index is 561. The highest BCUT2D eigenvalue weighted by atomic mass is 35.5. The molecule has 2 amide bonds. The summed E-state index contributed by atoms with van der Waals surface area (Å²) in [6.45, 7) is 7.02. The third kappa shape index (κ3) is 4.45. The Morgan fingerprint density at radius 2 is 2.04 bits per heavy atom. The average molecular weight is 338 g/mol. The van der Waals surface area contributed by atoms with Gasteiger partial charge in [-0.25, -0.2) is 0 Å². The molecule has 1 aromatic carbocycles. The number of rotatable bonds is 6. The number of carbonyl (C=O) groups is 2. The first-order valence-corrected chi connectivity index (χ1v) is 8.48. The molecule has 126 valence electrons. The second-order valence-corrected chi connectivity index (χ2v) is 6.04. The zero-order valence-electron chi connectivity index (χ0n) is 13.7. The molecule has 0 radical (unpaired) electrons. The summed E-state index contributed by atoms with van der Waals surface area (Å²) in [6, 6.07) is 7.09. The Balaban J connectivity index is 2.01. The van der Waals surface area contributed by atoms with Gasteiger partial charge in [0.05, 0.1) is 12.5 Å². The molecule has 1 unspecified atom stereocenters. The van der Waals surface area contributed by atoms with E-state index in [1.807, 2.05) is 38.1 Å². The summed E-state index contributed by atoms with van der Waals surface area (Å²) in [5.74, 6) is -0.0166. The van der Waals surface area contributed by atoms with Gasteiger partial charge in [0.25, 0.3) is 0 Å². The zero-order chi connectivity index (χ0) is 16.8. The van der Waals surface area contributed by atoms with Crippen LogP contribution in [-0.2, 0) is 16.1 Å². The van der Waals surface area contributed by atoms with Crippen molar-refractivity contribution in [1.82, 2.24) is 15.1 Å². The average Bonchev–Trinajstić information content (AvgIpc) is 2.54. The molecule has 23 heavy (non-hydrogen) atoms. The molecular formula is C17H24ClN3O2. The number of amides is 2. The summed E-state index contributed by atoms with van der Waals surface area (Å²) < 4.78 is 0. The topological polar surface area (TPSA) is 52.7 Å². The highest BCUT2D eigenvalue weighted by molar-refractivity contribution is 6.31. The number of hydrogen-bond donors (Lipinski definition) is 1. The molecule has 0 aromatic heterocycles. The fraction of sp³-hybridized carbons (Fsp3) is 0.529. The van der Waals surface area contributed by atoms with Crippen molar-refractivity contribution in [2.24, 2.45) is 0 Å². The van der Waals surface area contributed by atoms with Gasteiger partial charge in [0.1, 0.15) is 0 Å². The summed E-state index contributed by atoms with van der Waals surface area (Å²) in [5.41, 5.74) is 0.929. The molecule has 0 bridgehead atoms. The van der Waals surface area contributed by atoms with Gasteiger partial charge in [-0.2, -0.15) is 0 Å². The molecule has 0 aliphatic carbocycles. The van der Waals surface area contributed by atoms with Crippen molar-refractivity contribution in [3.63, 3.8) is 0 Å². The van der Waals surface area contributed by atoms with E-state index in [-0.39, 0.29) is 18.2 Å². The molecule has 1 fully saturated rings. The van der Waals surface area contributed by atoms with Crippen molar-refractivity contribution < 1.29 is 9.59 Å². The predicted molar refractivity (Wildman–Crippen MR) is 91.2 cm³/mol. The summed E-state index contributed by atoms with van der Waals surface area (Å²) in [5, 5.41) is 3.82. The molecule has 5 nitrogen and oxygen atoms in total. The first-order valence-electron chi connectivity index (χ1n) is 8.10. The second kappa shape index (κ2) is 8.31. The van der Waals surface area contributed by atoms with Crippen LogP contribution in [0.5, 0.6) is 0 Å². The molecule has 1 heterocycles. The molecule has 1 aliphatic rings. The van der Waals surface area contributed by atoms with Gasteiger partial charge < -0.3 is 15.1 Å². The minimum absolute atomic E-state index is 0.0143. The quantitative estimate of drug-likeness (QED) is 0.862. The molecule has 1 N–H and O–H groups in total. The molecule has 0 saturated carbocycles. The van der Waals surface area contributed by atoms with Crippen LogP contribution in [0.25, 0.3) is 0 Å². The fourth-order valence-corrected chi connectivity index (χ4v) is 3.02. The summed E-state index contributed by atoms with van der Waals surface area (Å²) in [6.07, 6.45) is 0.208. The Labute approximate surface area is 142 Å². The number of benzene rings is 1. The molecule has 0 spiro atoms. The predicted octanol–water partition coefficient (Wildman–Crippen LogP) is 1.90. The maximum atomic E-state index is 12.6. The number of hydrogen-bond acceptors (Lipinski definition) is 3. The van der Waals surface area contributed by atoms with Gasteiger partial charge in [0, 0.05) is 37.7 Å². The SMILES string of the molecule is CCN(CC)C(=O)CC1NCCN(Cc2ccccc2Cl)C1=O. The first kappa shape index (κ1) is 17.8. The lowest BCUT2D eigenvalue weighted by Crippen LogP contribution is -2.56. The molecule has 2 rings (SSSR count). The second-order valence-electron chi connectivity index (χ2n) is 5.63. The van der Waals surface area contributed by atoms with E-state index >= 15 is 0 Å². The van der Waals surface area contributed by atoms with Crippen LogP contribution < -0.4 is 5.32 Å². The van der Waals surface area contributed by atoms with Crippen LogP contribution in [0.3, 0.4) is 0 Å². The minimum atomic E-state index is -0.445. The highest BCUT2D eigenvalue weighted by Crippen LogP contribution is 2.18. The summed E-state index contributed by atoms with van der Waals surface area (Å²) in [4.78, 5) is 28.4. The van der Waals surface area contributed by atoms with Gasteiger partial charge >= 0.3 is 0 Å². The molecule has 6 heteroatoms. The van der Waals surface area contributed by atoms with Crippen LogP contribution in [0.2, 0.25) is 5.02 Å². The zero-order valence-corrected chi connectivity index (χ0v) is 14.5. The van der Waals surface area contributed by atoms with E-state index in [0.717, 1.165) is 5.56 Å². The summed E-state index contributed by atoms with van der Waals surface area (Å²) >= 11 is 6.18.